The van der Waals surface area contributed by atoms with Crippen molar-refractivity contribution in [2.24, 2.45) is 5.92 Å². The van der Waals surface area contributed by atoms with Gasteiger partial charge in [-0.05, 0) is 31.2 Å². The molecule has 116 valence electrons. The van der Waals surface area contributed by atoms with E-state index < -0.39 is 23.5 Å². The molecule has 0 aliphatic carbocycles. The van der Waals surface area contributed by atoms with Gasteiger partial charge in [-0.2, -0.15) is 0 Å². The van der Waals surface area contributed by atoms with E-state index in [1.54, 1.807) is 18.5 Å². The molecule has 1 saturated heterocycles. The maximum atomic E-state index is 14.0. The third-order valence-corrected chi connectivity index (χ3v) is 3.97. The zero-order valence-corrected chi connectivity index (χ0v) is 12.5. The number of nitrogens with zero attached hydrogens (tertiary/aromatic N) is 1. The van der Waals surface area contributed by atoms with Crippen molar-refractivity contribution in [1.29, 1.82) is 0 Å². The van der Waals surface area contributed by atoms with Gasteiger partial charge in [0.05, 0.1) is 0 Å². The molecule has 1 aromatic carbocycles. The van der Waals surface area contributed by atoms with Crippen LogP contribution in [0.2, 0.25) is 5.02 Å². The van der Waals surface area contributed by atoms with Crippen LogP contribution in [0.25, 0.3) is 0 Å². The van der Waals surface area contributed by atoms with E-state index in [9.17, 15) is 8.78 Å². The number of halogens is 3. The lowest BCUT2D eigenvalue weighted by Gasteiger charge is -2.25. The molecule has 0 saturated carbocycles. The van der Waals surface area contributed by atoms with E-state index in [0.29, 0.717) is 0 Å². The van der Waals surface area contributed by atoms with Crippen LogP contribution >= 0.6 is 11.6 Å². The van der Waals surface area contributed by atoms with E-state index >= 15 is 0 Å². The van der Waals surface area contributed by atoms with E-state index in [1.807, 2.05) is 6.07 Å². The normalized spacial score (nSPS) is 19.1. The van der Waals surface area contributed by atoms with Crippen LogP contribution in [-0.2, 0) is 0 Å². The molecule has 3 rings (SSSR count). The fraction of sp³-hybridized carbons (Fsp3) is 0.312. The lowest BCUT2D eigenvalue weighted by atomic mass is 9.96. The number of nitrogens with one attached hydrogen (secondary N) is 1. The Kier molecular flexibility index (Phi) is 4.55. The fourth-order valence-corrected chi connectivity index (χ4v) is 2.88. The van der Waals surface area contributed by atoms with Gasteiger partial charge < -0.3 is 10.1 Å². The third-order valence-electron chi connectivity index (χ3n) is 3.75. The lowest BCUT2D eigenvalue weighted by Crippen LogP contribution is -2.22. The standard InChI is InChI=1S/C16H15ClF2N2O/c17-12-6-13(18)16(14(19)7-12)22-15(11-3-5-21-9-11)10-2-1-4-20-8-10/h1-2,4,6-8,11,15,21H,3,5,9H2. The van der Waals surface area contributed by atoms with Crippen molar-refractivity contribution in [1.82, 2.24) is 10.3 Å². The molecular formula is C16H15ClF2N2O. The van der Waals surface area contributed by atoms with E-state index in [-0.39, 0.29) is 10.9 Å². The summed E-state index contributed by atoms with van der Waals surface area (Å²) < 4.78 is 33.7. The average molecular weight is 325 g/mol. The minimum atomic E-state index is -0.801. The second-order valence-electron chi connectivity index (χ2n) is 5.28. The van der Waals surface area contributed by atoms with Crippen LogP contribution in [0.4, 0.5) is 8.78 Å². The zero-order valence-electron chi connectivity index (χ0n) is 11.7. The molecule has 1 N–H and O–H groups in total. The van der Waals surface area contributed by atoms with Crippen molar-refractivity contribution < 1.29 is 13.5 Å². The quantitative estimate of drug-likeness (QED) is 0.930. The van der Waals surface area contributed by atoms with Gasteiger partial charge in [0.1, 0.15) is 6.10 Å². The first-order valence-corrected chi connectivity index (χ1v) is 7.45. The fourth-order valence-electron chi connectivity index (χ4n) is 2.68. The Bertz CT molecular complexity index is 625. The average Bonchev–Trinajstić information content (AvgIpc) is 3.01. The molecule has 2 unspecified atom stereocenters. The summed E-state index contributed by atoms with van der Waals surface area (Å²) in [7, 11) is 0. The van der Waals surface area contributed by atoms with Crippen LogP contribution in [0.1, 0.15) is 18.1 Å². The monoisotopic (exact) mass is 324 g/mol. The van der Waals surface area contributed by atoms with Crippen molar-refractivity contribution in [3.8, 4) is 5.75 Å². The number of rotatable bonds is 4. The topological polar surface area (TPSA) is 34.1 Å². The van der Waals surface area contributed by atoms with Gasteiger partial charge in [-0.25, -0.2) is 8.78 Å². The highest BCUT2D eigenvalue weighted by Crippen LogP contribution is 2.35. The maximum absolute atomic E-state index is 14.0. The number of pyridine rings is 1. The molecule has 2 atom stereocenters. The van der Waals surface area contributed by atoms with Crippen LogP contribution in [0.15, 0.2) is 36.7 Å². The predicted octanol–water partition coefficient (Wildman–Crippen LogP) is 3.74. The predicted molar refractivity (Wildman–Crippen MR) is 80.0 cm³/mol. The Balaban J connectivity index is 1.94. The van der Waals surface area contributed by atoms with Gasteiger partial charge in [0.25, 0.3) is 0 Å². The second kappa shape index (κ2) is 6.58. The van der Waals surface area contributed by atoms with Crippen LogP contribution in [0.3, 0.4) is 0 Å². The summed E-state index contributed by atoms with van der Waals surface area (Å²) in [5.74, 6) is -1.88. The van der Waals surface area contributed by atoms with Gasteiger partial charge in [-0.1, -0.05) is 17.7 Å². The SMILES string of the molecule is Fc1cc(Cl)cc(F)c1OC(c1cccnc1)C1CCNC1. The van der Waals surface area contributed by atoms with Crippen LogP contribution < -0.4 is 10.1 Å². The van der Waals surface area contributed by atoms with Gasteiger partial charge in [0.15, 0.2) is 17.4 Å². The summed E-state index contributed by atoms with van der Waals surface area (Å²) in [5, 5.41) is 3.24. The van der Waals surface area contributed by atoms with Crippen molar-refractivity contribution >= 4 is 11.6 Å². The number of hydrogen-bond donors (Lipinski definition) is 1. The minimum Gasteiger partial charge on any atom is -0.479 e. The first-order chi connectivity index (χ1) is 10.6. The van der Waals surface area contributed by atoms with Gasteiger partial charge in [0.2, 0.25) is 0 Å². The molecule has 2 aromatic rings. The molecule has 1 aliphatic rings. The highest BCUT2D eigenvalue weighted by molar-refractivity contribution is 6.30. The van der Waals surface area contributed by atoms with Gasteiger partial charge in [0, 0.05) is 35.4 Å². The Hall–Kier alpha value is -1.72. The molecule has 0 radical (unpaired) electrons. The van der Waals surface area contributed by atoms with Crippen LogP contribution in [0, 0.1) is 17.6 Å². The van der Waals surface area contributed by atoms with Crippen molar-refractivity contribution in [3.05, 3.63) is 58.9 Å². The summed E-state index contributed by atoms with van der Waals surface area (Å²) in [6, 6.07) is 5.73. The molecule has 1 fully saturated rings. The third kappa shape index (κ3) is 3.20. The van der Waals surface area contributed by atoms with Crippen LogP contribution in [0.5, 0.6) is 5.75 Å². The molecule has 2 heterocycles. The summed E-state index contributed by atoms with van der Waals surface area (Å²) in [6.07, 6.45) is 3.72. The first-order valence-electron chi connectivity index (χ1n) is 7.07. The molecular weight excluding hydrogens is 310 g/mol. The number of ether oxygens (including phenoxy) is 1. The van der Waals surface area contributed by atoms with E-state index in [4.69, 9.17) is 16.3 Å². The van der Waals surface area contributed by atoms with Gasteiger partial charge in [-0.3, -0.25) is 4.98 Å². The van der Waals surface area contributed by atoms with Crippen molar-refractivity contribution in [2.75, 3.05) is 13.1 Å². The Morgan fingerprint density at radius 1 is 1.32 bits per heavy atom. The largest absolute Gasteiger partial charge is 0.479 e. The molecule has 0 amide bonds. The maximum Gasteiger partial charge on any atom is 0.191 e. The van der Waals surface area contributed by atoms with Crippen LogP contribution in [-0.4, -0.2) is 18.1 Å². The van der Waals surface area contributed by atoms with Crippen molar-refractivity contribution in [3.63, 3.8) is 0 Å². The molecule has 1 aliphatic heterocycles. The molecule has 0 spiro atoms. The number of benzene rings is 1. The summed E-state index contributed by atoms with van der Waals surface area (Å²) >= 11 is 5.65. The van der Waals surface area contributed by atoms with Gasteiger partial charge >= 0.3 is 0 Å². The highest BCUT2D eigenvalue weighted by atomic mass is 35.5. The number of hydrogen-bond acceptors (Lipinski definition) is 3. The number of aromatic nitrogens is 1. The molecule has 22 heavy (non-hydrogen) atoms. The molecule has 6 heteroatoms. The highest BCUT2D eigenvalue weighted by Gasteiger charge is 2.30. The minimum absolute atomic E-state index is 0.00260. The Labute approximate surface area is 132 Å². The summed E-state index contributed by atoms with van der Waals surface area (Å²) in [5.41, 5.74) is 0.796. The zero-order chi connectivity index (χ0) is 15.5. The summed E-state index contributed by atoms with van der Waals surface area (Å²) in [6.45, 7) is 1.59. The van der Waals surface area contributed by atoms with E-state index in [2.05, 4.69) is 10.3 Å². The lowest BCUT2D eigenvalue weighted by molar-refractivity contribution is 0.131. The molecule has 1 aromatic heterocycles. The molecule has 0 bridgehead atoms. The van der Waals surface area contributed by atoms with Crippen molar-refractivity contribution in [2.45, 2.75) is 12.5 Å². The summed E-state index contributed by atoms with van der Waals surface area (Å²) in [4.78, 5) is 4.07. The van der Waals surface area contributed by atoms with E-state index in [0.717, 1.165) is 37.2 Å². The van der Waals surface area contributed by atoms with Gasteiger partial charge in [-0.15, -0.1) is 0 Å². The Morgan fingerprint density at radius 3 is 2.68 bits per heavy atom. The molecule has 3 nitrogen and oxygen atoms in total. The smallest absolute Gasteiger partial charge is 0.191 e. The first kappa shape index (κ1) is 15.2. The van der Waals surface area contributed by atoms with E-state index in [1.165, 1.54) is 0 Å². The Morgan fingerprint density at radius 2 is 2.09 bits per heavy atom. The second-order valence-corrected chi connectivity index (χ2v) is 5.71.